The summed E-state index contributed by atoms with van der Waals surface area (Å²) in [5.41, 5.74) is 5.67. The smallest absolute Gasteiger partial charge is 0.231 e. The van der Waals surface area contributed by atoms with Crippen LogP contribution in [0.15, 0.2) is 12.1 Å². The van der Waals surface area contributed by atoms with Gasteiger partial charge < -0.3 is 15.2 Å². The number of hydrogen-bond donors (Lipinski definition) is 1. The molecule has 0 unspecified atom stereocenters. The molecule has 1 atom stereocenters. The van der Waals surface area contributed by atoms with E-state index in [4.69, 9.17) is 9.47 Å². The third-order valence-electron chi connectivity index (χ3n) is 2.72. The van der Waals surface area contributed by atoms with Crippen LogP contribution in [0.4, 0.5) is 0 Å². The van der Waals surface area contributed by atoms with Crippen LogP contribution in [0, 0.1) is 0 Å². The topological polar surface area (TPSA) is 63.2 Å². The number of ether oxygens (including phenoxy) is 2. The Hall–Kier alpha value is -1.55. The van der Waals surface area contributed by atoms with Crippen LogP contribution in [-0.2, 0) is 0 Å². The summed E-state index contributed by atoms with van der Waals surface area (Å²) in [4.78, 5) is 11.5. The van der Waals surface area contributed by atoms with Crippen molar-refractivity contribution >= 4 is 5.78 Å². The lowest BCUT2D eigenvalue weighted by atomic mass is 10.1. The number of ketones is 1. The molecule has 1 aliphatic heterocycles. The van der Waals surface area contributed by atoms with E-state index in [2.05, 4.69) is 5.73 Å². The quantitative estimate of drug-likeness (QED) is 0.642. The Labute approximate surface area is 80.6 Å². The Morgan fingerprint density at radius 1 is 1.29 bits per heavy atom. The van der Waals surface area contributed by atoms with E-state index >= 15 is 0 Å². The van der Waals surface area contributed by atoms with Gasteiger partial charge in [0.15, 0.2) is 17.3 Å². The van der Waals surface area contributed by atoms with Gasteiger partial charge in [0.05, 0.1) is 6.42 Å². The molecule has 4 nitrogen and oxygen atoms in total. The first-order valence-corrected chi connectivity index (χ1v) is 4.55. The minimum Gasteiger partial charge on any atom is -0.454 e. The predicted molar refractivity (Wildman–Crippen MR) is 47.1 cm³/mol. The zero-order chi connectivity index (χ0) is 9.71. The summed E-state index contributed by atoms with van der Waals surface area (Å²) in [6, 6.07) is 3.71. The van der Waals surface area contributed by atoms with Crippen molar-refractivity contribution in [3.63, 3.8) is 0 Å². The third-order valence-corrected chi connectivity index (χ3v) is 2.72. The molecule has 14 heavy (non-hydrogen) atoms. The van der Waals surface area contributed by atoms with E-state index in [1.807, 2.05) is 6.07 Å². The molecule has 0 aromatic heterocycles. The minimum absolute atomic E-state index is 0.0620. The number of carbonyl (C=O) groups is 1. The number of quaternary nitrogens is 1. The predicted octanol–water partition coefficient (Wildman–Crippen LogP) is 0.285. The van der Waals surface area contributed by atoms with Crippen molar-refractivity contribution in [3.8, 4) is 11.5 Å². The van der Waals surface area contributed by atoms with Gasteiger partial charge in [0, 0.05) is 11.1 Å². The number of rotatable bonds is 0. The standard InChI is InChI=1S/C10H9NO3/c11-7-3-8(12)6-2-10-9(1-5(6)7)13-4-14-10/h1-2,7H,3-4,11H2/p+1/t7-/m1/s1. The largest absolute Gasteiger partial charge is 0.454 e. The fourth-order valence-corrected chi connectivity index (χ4v) is 1.98. The molecular formula is C10H10NO3+. The summed E-state index contributed by atoms with van der Waals surface area (Å²) < 4.78 is 10.5. The van der Waals surface area contributed by atoms with Crippen molar-refractivity contribution < 1.29 is 20.0 Å². The summed E-state index contributed by atoms with van der Waals surface area (Å²) >= 11 is 0. The molecule has 1 aromatic rings. The first kappa shape index (κ1) is 7.82. The molecule has 0 bridgehead atoms. The molecule has 4 heteroatoms. The Kier molecular flexibility index (Phi) is 1.39. The van der Waals surface area contributed by atoms with Gasteiger partial charge in [-0.1, -0.05) is 0 Å². The monoisotopic (exact) mass is 192 g/mol. The van der Waals surface area contributed by atoms with Crippen LogP contribution in [0.2, 0.25) is 0 Å². The number of carbonyl (C=O) groups excluding carboxylic acids is 1. The molecule has 0 amide bonds. The van der Waals surface area contributed by atoms with Crippen LogP contribution < -0.4 is 15.2 Å². The normalized spacial score (nSPS) is 22.6. The maximum Gasteiger partial charge on any atom is 0.231 e. The van der Waals surface area contributed by atoms with Crippen molar-refractivity contribution in [2.24, 2.45) is 0 Å². The molecule has 0 fully saturated rings. The highest BCUT2D eigenvalue weighted by atomic mass is 16.7. The molecule has 1 heterocycles. The average molecular weight is 192 g/mol. The maximum atomic E-state index is 11.5. The molecule has 3 rings (SSSR count). The van der Waals surface area contributed by atoms with Gasteiger partial charge in [0.1, 0.15) is 6.04 Å². The van der Waals surface area contributed by atoms with Crippen LogP contribution in [-0.4, -0.2) is 12.6 Å². The summed E-state index contributed by atoms with van der Waals surface area (Å²) in [6.45, 7) is 0.244. The van der Waals surface area contributed by atoms with Crippen LogP contribution in [0.5, 0.6) is 11.5 Å². The molecule has 0 spiro atoms. The lowest BCUT2D eigenvalue weighted by molar-refractivity contribution is -0.423. The zero-order valence-corrected chi connectivity index (χ0v) is 7.58. The number of benzene rings is 1. The highest BCUT2D eigenvalue weighted by Gasteiger charge is 2.32. The lowest BCUT2D eigenvalue weighted by Crippen LogP contribution is -2.52. The second-order valence-electron chi connectivity index (χ2n) is 3.62. The van der Waals surface area contributed by atoms with Gasteiger partial charge in [0.25, 0.3) is 0 Å². The summed E-state index contributed by atoms with van der Waals surface area (Å²) in [5.74, 6) is 1.55. The maximum absolute atomic E-state index is 11.5. The zero-order valence-electron chi connectivity index (χ0n) is 7.58. The highest BCUT2D eigenvalue weighted by molar-refractivity contribution is 6.01. The summed E-state index contributed by atoms with van der Waals surface area (Å²) in [6.07, 6.45) is 0.498. The van der Waals surface area contributed by atoms with Gasteiger partial charge in [0.2, 0.25) is 6.79 Å². The van der Waals surface area contributed by atoms with Crippen LogP contribution in [0.25, 0.3) is 0 Å². The van der Waals surface area contributed by atoms with Crippen LogP contribution >= 0.6 is 0 Å². The van der Waals surface area contributed by atoms with Gasteiger partial charge in [-0.25, -0.2) is 0 Å². The fourth-order valence-electron chi connectivity index (χ4n) is 1.98. The molecular weight excluding hydrogens is 182 g/mol. The van der Waals surface area contributed by atoms with Gasteiger partial charge in [-0.05, 0) is 12.1 Å². The molecule has 72 valence electrons. The lowest BCUT2D eigenvalue weighted by Gasteiger charge is -2.02. The first-order chi connectivity index (χ1) is 6.75. The molecule has 2 aliphatic rings. The van der Waals surface area contributed by atoms with E-state index in [-0.39, 0.29) is 18.6 Å². The molecule has 0 radical (unpaired) electrons. The second kappa shape index (κ2) is 2.48. The van der Waals surface area contributed by atoms with Crippen LogP contribution in [0.1, 0.15) is 28.4 Å². The van der Waals surface area contributed by atoms with E-state index in [0.29, 0.717) is 12.2 Å². The second-order valence-corrected chi connectivity index (χ2v) is 3.62. The summed E-state index contributed by atoms with van der Waals surface area (Å²) in [5, 5.41) is 0. The molecule has 0 saturated heterocycles. The van der Waals surface area contributed by atoms with Gasteiger partial charge in [-0.2, -0.15) is 0 Å². The first-order valence-electron chi connectivity index (χ1n) is 4.55. The van der Waals surface area contributed by atoms with Crippen molar-refractivity contribution in [1.29, 1.82) is 0 Å². The molecule has 3 N–H and O–H groups in total. The number of Topliss-reactive ketones (excluding diaryl/α,β-unsaturated/α-hetero) is 1. The molecule has 0 saturated carbocycles. The number of hydrogen-bond acceptors (Lipinski definition) is 3. The van der Waals surface area contributed by atoms with E-state index in [1.165, 1.54) is 0 Å². The minimum atomic E-state index is 0.0620. The Morgan fingerprint density at radius 3 is 2.79 bits per heavy atom. The molecule has 1 aliphatic carbocycles. The van der Waals surface area contributed by atoms with Crippen molar-refractivity contribution in [2.75, 3.05) is 6.79 Å². The fraction of sp³-hybridized carbons (Fsp3) is 0.300. The third kappa shape index (κ3) is 0.886. The van der Waals surface area contributed by atoms with Crippen molar-refractivity contribution in [3.05, 3.63) is 23.3 Å². The van der Waals surface area contributed by atoms with Crippen molar-refractivity contribution in [2.45, 2.75) is 12.5 Å². The summed E-state index contributed by atoms with van der Waals surface area (Å²) in [7, 11) is 0. The Balaban J connectivity index is 2.22. The van der Waals surface area contributed by atoms with Gasteiger partial charge >= 0.3 is 0 Å². The Bertz CT molecular complexity index is 428. The van der Waals surface area contributed by atoms with Gasteiger partial charge in [-0.3, -0.25) is 4.79 Å². The van der Waals surface area contributed by atoms with Crippen LogP contribution in [0.3, 0.4) is 0 Å². The Morgan fingerprint density at radius 2 is 2.00 bits per heavy atom. The van der Waals surface area contributed by atoms with E-state index in [9.17, 15) is 4.79 Å². The average Bonchev–Trinajstić information content (AvgIpc) is 2.70. The van der Waals surface area contributed by atoms with E-state index in [1.54, 1.807) is 6.07 Å². The molecule has 1 aromatic carbocycles. The number of fused-ring (bicyclic) bond motifs is 2. The van der Waals surface area contributed by atoms with E-state index in [0.717, 1.165) is 16.9 Å². The van der Waals surface area contributed by atoms with Crippen molar-refractivity contribution in [1.82, 2.24) is 0 Å². The highest BCUT2D eigenvalue weighted by Crippen LogP contribution is 2.39. The van der Waals surface area contributed by atoms with E-state index < -0.39 is 0 Å². The van der Waals surface area contributed by atoms with Gasteiger partial charge in [-0.15, -0.1) is 0 Å². The SMILES string of the molecule is [NH3+][C@@H]1CC(=O)c2cc3c(cc21)OCO3.